The van der Waals surface area contributed by atoms with Gasteiger partial charge in [0.2, 0.25) is 0 Å². The number of hydrogen-bond donors (Lipinski definition) is 2. The van der Waals surface area contributed by atoms with Crippen molar-refractivity contribution in [3.8, 4) is 5.75 Å². The van der Waals surface area contributed by atoms with Gasteiger partial charge in [-0.25, -0.2) is 0 Å². The first kappa shape index (κ1) is 28.0. The van der Waals surface area contributed by atoms with Crippen LogP contribution in [0.4, 0.5) is 0 Å². The fourth-order valence-electron chi connectivity index (χ4n) is 3.95. The molecule has 0 saturated heterocycles. The normalized spacial score (nSPS) is 10.9. The van der Waals surface area contributed by atoms with Crippen LogP contribution in [0, 0.1) is 0 Å². The highest BCUT2D eigenvalue weighted by Gasteiger charge is 2.07. The molecule has 0 radical (unpaired) electrons. The van der Waals surface area contributed by atoms with E-state index in [-0.39, 0.29) is 12.8 Å². The quantitative estimate of drug-likeness (QED) is 0.194. The lowest BCUT2D eigenvalue weighted by atomic mass is 9.96. The van der Waals surface area contributed by atoms with Crippen LogP contribution in [0.25, 0.3) is 0 Å². The summed E-state index contributed by atoms with van der Waals surface area (Å²) in [5, 5.41) is 17.6. The standard InChI is InChI=1S/C27H44O5/c1-2-3-4-5-6-7-14-21-32-25-20-19-23(15-10-8-12-17-26(28)29)24(22-25)16-11-9-13-18-27(30)31/h19-20,22H,2-18,21H2,1H3,(H,28,29)(H,30,31). The molecule has 5 heteroatoms. The van der Waals surface area contributed by atoms with Crippen molar-refractivity contribution in [2.45, 2.75) is 116 Å². The first-order chi connectivity index (χ1) is 15.5. The molecule has 0 aliphatic rings. The van der Waals surface area contributed by atoms with Crippen molar-refractivity contribution in [1.29, 1.82) is 0 Å². The van der Waals surface area contributed by atoms with E-state index < -0.39 is 11.9 Å². The maximum atomic E-state index is 10.7. The molecule has 2 N–H and O–H groups in total. The number of rotatable bonds is 21. The molecule has 0 amide bonds. The molecule has 0 saturated carbocycles. The number of aliphatic carboxylic acids is 2. The highest BCUT2D eigenvalue weighted by atomic mass is 16.5. The van der Waals surface area contributed by atoms with Crippen LogP contribution in [0.1, 0.15) is 114 Å². The van der Waals surface area contributed by atoms with E-state index in [1.165, 1.54) is 49.7 Å². The molecule has 32 heavy (non-hydrogen) atoms. The Morgan fingerprint density at radius 2 is 1.22 bits per heavy atom. The Morgan fingerprint density at radius 3 is 1.81 bits per heavy atom. The Bertz CT molecular complexity index is 641. The van der Waals surface area contributed by atoms with Gasteiger partial charge in [-0.2, -0.15) is 0 Å². The summed E-state index contributed by atoms with van der Waals surface area (Å²) >= 11 is 0. The molecule has 0 aliphatic carbocycles. The Kier molecular flexibility index (Phi) is 16.2. The summed E-state index contributed by atoms with van der Waals surface area (Å²) in [6.45, 7) is 2.99. The van der Waals surface area contributed by atoms with E-state index in [9.17, 15) is 9.59 Å². The monoisotopic (exact) mass is 448 g/mol. The summed E-state index contributed by atoms with van der Waals surface area (Å²) in [5.41, 5.74) is 2.59. The fraction of sp³-hybridized carbons (Fsp3) is 0.704. The average molecular weight is 449 g/mol. The largest absolute Gasteiger partial charge is 0.494 e. The SMILES string of the molecule is CCCCCCCCCOc1ccc(CCCCCC(=O)O)c(CCCCCC(=O)O)c1. The van der Waals surface area contributed by atoms with Gasteiger partial charge < -0.3 is 14.9 Å². The van der Waals surface area contributed by atoms with Crippen molar-refractivity contribution in [1.82, 2.24) is 0 Å². The summed E-state index contributed by atoms with van der Waals surface area (Å²) < 4.78 is 6.01. The van der Waals surface area contributed by atoms with E-state index >= 15 is 0 Å². The molecular weight excluding hydrogens is 404 g/mol. The number of unbranched alkanes of at least 4 members (excludes halogenated alkanes) is 10. The summed E-state index contributed by atoms with van der Waals surface area (Å²) in [7, 11) is 0. The maximum absolute atomic E-state index is 10.7. The lowest BCUT2D eigenvalue weighted by Crippen LogP contribution is -2.01. The molecule has 0 bridgehead atoms. The number of ether oxygens (including phenoxy) is 1. The molecule has 0 atom stereocenters. The summed E-state index contributed by atoms with van der Waals surface area (Å²) in [6, 6.07) is 6.37. The van der Waals surface area contributed by atoms with Gasteiger partial charge in [0.25, 0.3) is 0 Å². The van der Waals surface area contributed by atoms with Gasteiger partial charge in [0.1, 0.15) is 5.75 Å². The number of benzene rings is 1. The molecule has 0 heterocycles. The Labute approximate surface area is 194 Å². The zero-order valence-corrected chi connectivity index (χ0v) is 20.1. The summed E-state index contributed by atoms with van der Waals surface area (Å²) in [4.78, 5) is 21.4. The predicted molar refractivity (Wildman–Crippen MR) is 130 cm³/mol. The molecule has 5 nitrogen and oxygen atoms in total. The number of carbonyl (C=O) groups is 2. The van der Waals surface area contributed by atoms with E-state index in [0.29, 0.717) is 6.42 Å². The molecule has 1 rings (SSSR count). The highest BCUT2D eigenvalue weighted by molar-refractivity contribution is 5.66. The molecule has 0 aliphatic heterocycles. The number of hydrogen-bond acceptors (Lipinski definition) is 3. The van der Waals surface area contributed by atoms with Gasteiger partial charge in [-0.15, -0.1) is 0 Å². The minimum atomic E-state index is -0.729. The average Bonchev–Trinajstić information content (AvgIpc) is 2.75. The van der Waals surface area contributed by atoms with Crippen molar-refractivity contribution in [2.24, 2.45) is 0 Å². The lowest BCUT2D eigenvalue weighted by Gasteiger charge is -2.13. The molecule has 0 aromatic heterocycles. The smallest absolute Gasteiger partial charge is 0.303 e. The van der Waals surface area contributed by atoms with Gasteiger partial charge in [0, 0.05) is 12.8 Å². The van der Waals surface area contributed by atoms with Crippen LogP contribution in [0.2, 0.25) is 0 Å². The number of carboxylic acid groups (broad SMARTS) is 2. The molecule has 182 valence electrons. The van der Waals surface area contributed by atoms with Crippen LogP contribution >= 0.6 is 0 Å². The number of carboxylic acids is 2. The van der Waals surface area contributed by atoms with Crippen LogP contribution in [0.15, 0.2) is 18.2 Å². The van der Waals surface area contributed by atoms with Crippen LogP contribution in [-0.4, -0.2) is 28.8 Å². The molecular formula is C27H44O5. The summed E-state index contributed by atoms with van der Waals surface area (Å²) in [5.74, 6) is -0.534. The van der Waals surface area contributed by atoms with Crippen molar-refractivity contribution in [3.05, 3.63) is 29.3 Å². The lowest BCUT2D eigenvalue weighted by molar-refractivity contribution is -0.138. The Hall–Kier alpha value is -2.04. The molecule has 1 aromatic rings. The topological polar surface area (TPSA) is 83.8 Å². The van der Waals surface area contributed by atoms with E-state index in [2.05, 4.69) is 25.1 Å². The van der Waals surface area contributed by atoms with Crippen LogP contribution in [0.3, 0.4) is 0 Å². The molecule has 0 spiro atoms. The van der Waals surface area contributed by atoms with Crippen molar-refractivity contribution >= 4 is 11.9 Å². The minimum absolute atomic E-state index is 0.234. The first-order valence-corrected chi connectivity index (χ1v) is 12.7. The second-order valence-corrected chi connectivity index (χ2v) is 8.81. The third kappa shape index (κ3) is 14.9. The summed E-state index contributed by atoms with van der Waals surface area (Å²) in [6.07, 6.45) is 16.4. The second-order valence-electron chi connectivity index (χ2n) is 8.81. The van der Waals surface area contributed by atoms with E-state index in [0.717, 1.165) is 63.7 Å². The fourth-order valence-corrected chi connectivity index (χ4v) is 3.95. The second kappa shape index (κ2) is 18.5. The van der Waals surface area contributed by atoms with Crippen LogP contribution in [0.5, 0.6) is 5.75 Å². The molecule has 0 fully saturated rings. The van der Waals surface area contributed by atoms with Gasteiger partial charge in [-0.1, -0.05) is 64.4 Å². The van der Waals surface area contributed by atoms with Crippen LogP contribution in [-0.2, 0) is 22.4 Å². The molecule has 0 unspecified atom stereocenters. The van der Waals surface area contributed by atoms with E-state index in [4.69, 9.17) is 14.9 Å². The highest BCUT2D eigenvalue weighted by Crippen LogP contribution is 2.23. The van der Waals surface area contributed by atoms with Gasteiger partial charge in [0.05, 0.1) is 6.61 Å². The third-order valence-electron chi connectivity index (χ3n) is 5.87. The predicted octanol–water partition coefficient (Wildman–Crippen LogP) is 7.19. The first-order valence-electron chi connectivity index (χ1n) is 12.7. The minimum Gasteiger partial charge on any atom is -0.494 e. The van der Waals surface area contributed by atoms with E-state index in [1.807, 2.05) is 0 Å². The Morgan fingerprint density at radius 1 is 0.688 bits per heavy atom. The van der Waals surface area contributed by atoms with E-state index in [1.54, 1.807) is 0 Å². The zero-order valence-electron chi connectivity index (χ0n) is 20.1. The zero-order chi connectivity index (χ0) is 23.4. The van der Waals surface area contributed by atoms with Gasteiger partial charge in [-0.3, -0.25) is 9.59 Å². The maximum Gasteiger partial charge on any atom is 0.303 e. The van der Waals surface area contributed by atoms with Crippen molar-refractivity contribution in [2.75, 3.05) is 6.61 Å². The molecule has 1 aromatic carbocycles. The van der Waals surface area contributed by atoms with Gasteiger partial charge >= 0.3 is 11.9 Å². The Balaban J connectivity index is 2.48. The van der Waals surface area contributed by atoms with Crippen molar-refractivity contribution in [3.63, 3.8) is 0 Å². The number of aryl methyl sites for hydroxylation is 2. The van der Waals surface area contributed by atoms with Crippen LogP contribution < -0.4 is 4.74 Å². The van der Waals surface area contributed by atoms with Gasteiger partial charge in [-0.05, 0) is 68.2 Å². The van der Waals surface area contributed by atoms with Gasteiger partial charge in [0.15, 0.2) is 0 Å². The van der Waals surface area contributed by atoms with Crippen molar-refractivity contribution < 1.29 is 24.5 Å². The third-order valence-corrected chi connectivity index (χ3v) is 5.87.